The van der Waals surface area contributed by atoms with Crippen LogP contribution in [0.25, 0.3) is 66.9 Å². The highest BCUT2D eigenvalue weighted by molar-refractivity contribution is 9.10. The summed E-state index contributed by atoms with van der Waals surface area (Å²) >= 11 is 3.33. The molecule has 0 aliphatic heterocycles. The Kier molecular flexibility index (Phi) is 11.6. The molecule has 0 bridgehead atoms. The lowest BCUT2D eigenvalue weighted by Gasteiger charge is -2.21. The molecule has 5 heterocycles. The lowest BCUT2D eigenvalue weighted by atomic mass is 10.1. The van der Waals surface area contributed by atoms with Crippen LogP contribution in [0, 0.1) is 0 Å². The van der Waals surface area contributed by atoms with Gasteiger partial charge in [-0.3, -0.25) is 14.7 Å². The van der Waals surface area contributed by atoms with E-state index in [0.717, 1.165) is 27.6 Å². The molecule has 0 unspecified atom stereocenters. The van der Waals surface area contributed by atoms with Gasteiger partial charge in [-0.2, -0.15) is 15.3 Å². The Bertz CT molecular complexity index is 3270. The number of hydrogen-bond donors (Lipinski definition) is 4. The molecule has 0 aliphatic rings. The normalized spacial score (nSPS) is 11.3. The van der Waals surface area contributed by atoms with Crippen molar-refractivity contribution in [1.29, 1.82) is 0 Å². The molecule has 17 nitrogen and oxygen atoms in total. The summed E-state index contributed by atoms with van der Waals surface area (Å²) in [5.41, 5.74) is 20.0. The topological polar surface area (TPSA) is 229 Å². The quantitative estimate of drug-likeness (QED) is 0.0770. The minimum Gasteiger partial charge on any atom is -0.507 e. The third-order valence-electron chi connectivity index (χ3n) is 11.0. The van der Waals surface area contributed by atoms with Gasteiger partial charge in [-0.05, 0) is 63.5 Å². The zero-order valence-corrected chi connectivity index (χ0v) is 36.4. The van der Waals surface area contributed by atoms with Gasteiger partial charge in [0.15, 0.2) is 17.1 Å². The lowest BCUT2D eigenvalue weighted by Crippen LogP contribution is -2.32. The van der Waals surface area contributed by atoms with Crippen LogP contribution < -0.4 is 11.5 Å². The highest BCUT2D eigenvalue weighted by Crippen LogP contribution is 2.36. The summed E-state index contributed by atoms with van der Waals surface area (Å²) in [6, 6.07) is 28.3. The molecular weight excluding hydrogens is 889 g/mol. The first kappa shape index (κ1) is 42.1. The third kappa shape index (κ3) is 8.49. The average Bonchev–Trinajstić information content (AvgIpc) is 4.06. The van der Waals surface area contributed by atoms with Crippen LogP contribution in [0.15, 0.2) is 133 Å². The second kappa shape index (κ2) is 17.9. The van der Waals surface area contributed by atoms with Crippen LogP contribution in [0.3, 0.4) is 0 Å². The predicted molar refractivity (Wildman–Crippen MR) is 252 cm³/mol. The molecule has 9 aromatic rings. The number of H-pyrrole nitrogens is 1. The predicted octanol–water partition coefficient (Wildman–Crippen LogP) is 6.91. The fraction of sp³-hybridized carbons (Fsp3) is 0.128. The van der Waals surface area contributed by atoms with Crippen molar-refractivity contribution in [3.8, 4) is 39.7 Å². The first-order valence-corrected chi connectivity index (χ1v) is 21.3. The van der Waals surface area contributed by atoms with Crippen molar-refractivity contribution in [2.75, 3.05) is 24.6 Å². The molecule has 0 spiro atoms. The largest absolute Gasteiger partial charge is 0.507 e. The van der Waals surface area contributed by atoms with Crippen molar-refractivity contribution < 1.29 is 14.7 Å². The zero-order chi connectivity index (χ0) is 45.2. The van der Waals surface area contributed by atoms with Crippen LogP contribution >= 0.6 is 15.9 Å². The molecule has 2 amide bonds. The van der Waals surface area contributed by atoms with Crippen molar-refractivity contribution in [2.45, 2.75) is 26.2 Å². The lowest BCUT2D eigenvalue weighted by molar-refractivity contribution is -0.127. The number of nitrogen functional groups attached to an aromatic ring is 2. The molecule has 5 aromatic heterocycles. The smallest absolute Gasteiger partial charge is 0.246 e. The molecule has 9 rings (SSSR count). The molecule has 18 heteroatoms. The van der Waals surface area contributed by atoms with E-state index >= 15 is 0 Å². The van der Waals surface area contributed by atoms with Crippen LogP contribution in [0.2, 0.25) is 0 Å². The van der Waals surface area contributed by atoms with Gasteiger partial charge in [0.25, 0.3) is 0 Å². The van der Waals surface area contributed by atoms with Crippen molar-refractivity contribution in [3.05, 3.63) is 144 Å². The van der Waals surface area contributed by atoms with E-state index in [-0.39, 0.29) is 48.8 Å². The fourth-order valence-corrected chi connectivity index (χ4v) is 7.98. The van der Waals surface area contributed by atoms with E-state index in [2.05, 4.69) is 49.3 Å². The Morgan fingerprint density at radius 2 is 1.32 bits per heavy atom. The summed E-state index contributed by atoms with van der Waals surface area (Å²) in [7, 11) is 0. The maximum Gasteiger partial charge on any atom is 0.246 e. The summed E-state index contributed by atoms with van der Waals surface area (Å²) in [5.74, 6) is 0.431. The molecule has 0 radical (unpaired) electrons. The summed E-state index contributed by atoms with van der Waals surface area (Å²) in [5, 5.41) is 29.4. The van der Waals surface area contributed by atoms with E-state index in [1.54, 1.807) is 37.5 Å². The van der Waals surface area contributed by atoms with Crippen LogP contribution in [0.4, 0.5) is 11.6 Å². The van der Waals surface area contributed by atoms with Crippen LogP contribution in [0.5, 0.6) is 5.75 Å². The number of carbonyl (C=O) groups is 2. The Morgan fingerprint density at radius 1 is 0.723 bits per heavy atom. The first-order valence-electron chi connectivity index (χ1n) is 20.5. The molecule has 0 saturated heterocycles. The van der Waals surface area contributed by atoms with Gasteiger partial charge in [0.1, 0.15) is 35.1 Å². The molecule has 65 heavy (non-hydrogen) atoms. The zero-order valence-electron chi connectivity index (χ0n) is 34.8. The number of nitrogens with one attached hydrogen (secondary N) is 1. The SMILES string of the molecule is C=CC(=O)N(CCn1nc(-c2ccc(Br)c(O)c2)c2c(N)ncnc21)Cc1ccc(-c2nc(N)c3c(-c4ccc5[nH]ncc5c4)nn(CCN(Cc4ccccc4)C(=O)C=C)c3n2)cc1. The summed E-state index contributed by atoms with van der Waals surface area (Å²) in [4.78, 5) is 48.1. The number of aromatic hydroxyl groups is 1. The van der Waals surface area contributed by atoms with Gasteiger partial charge >= 0.3 is 0 Å². The Balaban J connectivity index is 0.995. The first-order chi connectivity index (χ1) is 31.6. The summed E-state index contributed by atoms with van der Waals surface area (Å²) in [6.45, 7) is 9.28. The van der Waals surface area contributed by atoms with Crippen molar-refractivity contribution >= 4 is 72.3 Å². The fourth-order valence-electron chi connectivity index (χ4n) is 7.73. The number of aromatic amines is 1. The molecule has 6 N–H and O–H groups in total. The number of aromatic nitrogens is 10. The number of hydrogen-bond acceptors (Lipinski definition) is 12. The summed E-state index contributed by atoms with van der Waals surface area (Å²) in [6.07, 6.45) is 5.70. The van der Waals surface area contributed by atoms with E-state index in [0.29, 0.717) is 74.5 Å². The van der Waals surface area contributed by atoms with E-state index in [4.69, 9.17) is 31.6 Å². The highest BCUT2D eigenvalue weighted by Gasteiger charge is 2.23. The number of fused-ring (bicyclic) bond motifs is 3. The molecule has 0 saturated carbocycles. The molecule has 0 fully saturated rings. The van der Waals surface area contributed by atoms with Crippen LogP contribution in [0.1, 0.15) is 11.1 Å². The maximum absolute atomic E-state index is 13.3. The van der Waals surface area contributed by atoms with Gasteiger partial charge in [-0.1, -0.05) is 79.9 Å². The molecule has 4 aromatic carbocycles. The van der Waals surface area contributed by atoms with E-state index in [9.17, 15) is 14.7 Å². The van der Waals surface area contributed by atoms with Crippen molar-refractivity contribution in [1.82, 2.24) is 59.5 Å². The number of benzene rings is 4. The number of phenolic OH excluding ortho intramolecular Hbond substituents is 1. The monoisotopic (exact) mass is 928 g/mol. The van der Waals surface area contributed by atoms with E-state index in [1.165, 1.54) is 18.5 Å². The van der Waals surface area contributed by atoms with Crippen LogP contribution in [-0.2, 0) is 35.8 Å². The Hall–Kier alpha value is -8.25. The number of phenols is 1. The van der Waals surface area contributed by atoms with E-state index in [1.807, 2.05) is 78.9 Å². The van der Waals surface area contributed by atoms with Gasteiger partial charge in [-0.25, -0.2) is 29.3 Å². The standard InChI is InChI=1S/C47H41BrN14O3/c1-3-37(64)59(25-28-8-6-5-7-9-28)19-21-62-47-40(41(58-62)31-15-17-35-33(22-31)24-53-56-35)44(50)54-45(55-47)30-12-10-29(11-13-30)26-60(38(65)4-2)18-20-61-46-39(43(49)51-27-52-46)42(57-61)32-14-16-34(48)36(63)23-32/h3-17,22-24,27,63H,1-2,18-21,25-26H2,(H,53,56)(H2,49,51,52)(H2,50,54,55). The molecule has 0 aliphatic carbocycles. The van der Waals surface area contributed by atoms with Crippen molar-refractivity contribution in [2.24, 2.45) is 0 Å². The van der Waals surface area contributed by atoms with Gasteiger partial charge in [0.05, 0.1) is 40.0 Å². The number of anilines is 2. The maximum atomic E-state index is 13.3. The summed E-state index contributed by atoms with van der Waals surface area (Å²) < 4.78 is 3.98. The van der Waals surface area contributed by atoms with Gasteiger partial charge < -0.3 is 26.4 Å². The number of nitrogens with zero attached hydrogens (tertiary/aromatic N) is 11. The third-order valence-corrected chi connectivity index (χ3v) is 11.7. The number of nitrogens with two attached hydrogens (primary N) is 2. The van der Waals surface area contributed by atoms with Gasteiger partial charge in [0.2, 0.25) is 11.8 Å². The van der Waals surface area contributed by atoms with E-state index < -0.39 is 0 Å². The Morgan fingerprint density at radius 3 is 1.98 bits per heavy atom. The second-order valence-electron chi connectivity index (χ2n) is 15.2. The number of halogens is 1. The van der Waals surface area contributed by atoms with Gasteiger partial charge in [-0.15, -0.1) is 0 Å². The van der Waals surface area contributed by atoms with Crippen molar-refractivity contribution in [3.63, 3.8) is 0 Å². The average molecular weight is 930 g/mol. The minimum atomic E-state index is -0.271. The van der Waals surface area contributed by atoms with Crippen LogP contribution in [-0.4, -0.2) is 89.5 Å². The van der Waals surface area contributed by atoms with Gasteiger partial charge in [0, 0.05) is 48.3 Å². The minimum absolute atomic E-state index is 0.0466. The highest BCUT2D eigenvalue weighted by atomic mass is 79.9. The molecule has 0 atom stereocenters. The number of carbonyl (C=O) groups excluding carboxylic acids is 2. The second-order valence-corrected chi connectivity index (χ2v) is 16.0. The Labute approximate surface area is 379 Å². The molecule has 324 valence electrons. The number of rotatable bonds is 15. The molecular formula is C47H41BrN14O3. The number of amides is 2.